The van der Waals surface area contributed by atoms with Crippen molar-refractivity contribution in [2.75, 3.05) is 12.4 Å². The van der Waals surface area contributed by atoms with Crippen molar-refractivity contribution >= 4 is 11.6 Å². The Labute approximate surface area is 155 Å². The van der Waals surface area contributed by atoms with Crippen molar-refractivity contribution in [1.82, 2.24) is 9.97 Å². The Balaban J connectivity index is 1.61. The van der Waals surface area contributed by atoms with Crippen LogP contribution in [-0.2, 0) is 18.0 Å². The molecular weight excluding hydrogens is 349 g/mol. The topological polar surface area (TPSA) is 73.3 Å². The second-order valence-corrected chi connectivity index (χ2v) is 6.08. The molecule has 7 heteroatoms. The van der Waals surface area contributed by atoms with Crippen LogP contribution in [0.25, 0.3) is 11.4 Å². The van der Waals surface area contributed by atoms with Crippen LogP contribution in [0.4, 0.5) is 10.1 Å². The third kappa shape index (κ3) is 3.63. The van der Waals surface area contributed by atoms with Crippen molar-refractivity contribution < 1.29 is 18.7 Å². The molecule has 0 atom stereocenters. The molecule has 1 aliphatic heterocycles. The van der Waals surface area contributed by atoms with Crippen LogP contribution in [0.5, 0.6) is 5.88 Å². The number of amides is 1. The summed E-state index contributed by atoms with van der Waals surface area (Å²) in [5.41, 5.74) is 3.34. The molecule has 0 unspecified atom stereocenters. The summed E-state index contributed by atoms with van der Waals surface area (Å²) in [6.07, 6.45) is 1.51. The van der Waals surface area contributed by atoms with Gasteiger partial charge in [0.15, 0.2) is 5.82 Å². The van der Waals surface area contributed by atoms with Gasteiger partial charge in [-0.1, -0.05) is 6.07 Å². The third-order valence-electron chi connectivity index (χ3n) is 4.24. The molecule has 0 saturated heterocycles. The molecule has 27 heavy (non-hydrogen) atoms. The van der Waals surface area contributed by atoms with Crippen LogP contribution in [0.15, 0.2) is 48.7 Å². The number of benzene rings is 2. The lowest BCUT2D eigenvalue weighted by atomic mass is 10.1. The number of hydrogen-bond donors (Lipinski definition) is 1. The van der Waals surface area contributed by atoms with Crippen LogP contribution in [0.1, 0.15) is 21.5 Å². The van der Waals surface area contributed by atoms with Gasteiger partial charge in [-0.25, -0.2) is 9.37 Å². The Morgan fingerprint density at radius 3 is 2.85 bits per heavy atom. The summed E-state index contributed by atoms with van der Waals surface area (Å²) < 4.78 is 24.5. The number of rotatable bonds is 4. The van der Waals surface area contributed by atoms with Gasteiger partial charge >= 0.3 is 0 Å². The van der Waals surface area contributed by atoms with Gasteiger partial charge in [0.05, 0.1) is 20.3 Å². The van der Waals surface area contributed by atoms with Gasteiger partial charge in [-0.05, 0) is 41.5 Å². The average Bonchev–Trinajstić information content (AvgIpc) is 3.15. The summed E-state index contributed by atoms with van der Waals surface area (Å²) in [7, 11) is 1.48. The van der Waals surface area contributed by atoms with E-state index in [1.54, 1.807) is 18.2 Å². The normalized spacial score (nSPS) is 12.5. The molecule has 136 valence electrons. The largest absolute Gasteiger partial charge is 0.481 e. The van der Waals surface area contributed by atoms with Gasteiger partial charge in [0.1, 0.15) is 5.82 Å². The fourth-order valence-corrected chi connectivity index (χ4v) is 2.90. The highest BCUT2D eigenvalue weighted by Gasteiger charge is 2.15. The van der Waals surface area contributed by atoms with E-state index in [4.69, 9.17) is 9.47 Å². The molecule has 0 spiro atoms. The zero-order chi connectivity index (χ0) is 18.8. The van der Waals surface area contributed by atoms with E-state index in [0.717, 1.165) is 11.1 Å². The maximum absolute atomic E-state index is 14.1. The van der Waals surface area contributed by atoms with Crippen LogP contribution in [-0.4, -0.2) is 23.0 Å². The highest BCUT2D eigenvalue weighted by atomic mass is 19.1. The van der Waals surface area contributed by atoms with E-state index in [0.29, 0.717) is 30.3 Å². The number of anilines is 1. The fraction of sp³-hybridized carbons (Fsp3) is 0.150. The molecule has 0 bridgehead atoms. The van der Waals surface area contributed by atoms with E-state index >= 15 is 0 Å². The number of halogens is 1. The van der Waals surface area contributed by atoms with Crippen LogP contribution >= 0.6 is 0 Å². The van der Waals surface area contributed by atoms with Crippen molar-refractivity contribution in [2.24, 2.45) is 0 Å². The molecule has 1 N–H and O–H groups in total. The Kier molecular flexibility index (Phi) is 4.52. The third-order valence-corrected chi connectivity index (χ3v) is 4.24. The van der Waals surface area contributed by atoms with Gasteiger partial charge in [0.25, 0.3) is 5.91 Å². The smallest absolute Gasteiger partial charge is 0.255 e. The standard InChI is InChI=1S/C20H16FN3O3/c1-26-18-4-5-22-19(24-18)13-6-14(8-16(21)7-13)20(25)23-17-3-2-12-10-27-11-15(12)9-17/h2-9H,10-11H2,1H3,(H,23,25). The maximum Gasteiger partial charge on any atom is 0.255 e. The van der Waals surface area contributed by atoms with Gasteiger partial charge in [-0.2, -0.15) is 4.98 Å². The van der Waals surface area contributed by atoms with E-state index in [2.05, 4.69) is 15.3 Å². The van der Waals surface area contributed by atoms with Crippen LogP contribution in [0, 0.1) is 5.82 Å². The van der Waals surface area contributed by atoms with E-state index in [-0.39, 0.29) is 11.4 Å². The van der Waals surface area contributed by atoms with Crippen molar-refractivity contribution in [1.29, 1.82) is 0 Å². The molecule has 6 nitrogen and oxygen atoms in total. The number of nitrogens with one attached hydrogen (secondary N) is 1. The lowest BCUT2D eigenvalue weighted by Gasteiger charge is -2.09. The molecule has 0 radical (unpaired) electrons. The minimum absolute atomic E-state index is 0.174. The number of ether oxygens (including phenoxy) is 2. The monoisotopic (exact) mass is 365 g/mol. The second-order valence-electron chi connectivity index (χ2n) is 6.08. The van der Waals surface area contributed by atoms with Crippen molar-refractivity contribution in [3.63, 3.8) is 0 Å². The number of carbonyl (C=O) groups excluding carboxylic acids is 1. The molecule has 3 aromatic rings. The first-order valence-electron chi connectivity index (χ1n) is 8.31. The van der Waals surface area contributed by atoms with Gasteiger partial charge in [-0.3, -0.25) is 4.79 Å². The highest BCUT2D eigenvalue weighted by molar-refractivity contribution is 6.05. The summed E-state index contributed by atoms with van der Waals surface area (Å²) in [6, 6.07) is 11.2. The minimum atomic E-state index is -0.550. The van der Waals surface area contributed by atoms with E-state index in [9.17, 15) is 9.18 Å². The number of hydrogen-bond acceptors (Lipinski definition) is 5. The Hall–Kier alpha value is -3.32. The highest BCUT2D eigenvalue weighted by Crippen LogP contribution is 2.24. The van der Waals surface area contributed by atoms with Crippen molar-refractivity contribution in [3.8, 4) is 17.3 Å². The number of methoxy groups -OCH3 is 1. The maximum atomic E-state index is 14.1. The first kappa shape index (κ1) is 17.1. The zero-order valence-corrected chi connectivity index (χ0v) is 14.5. The quantitative estimate of drug-likeness (QED) is 0.765. The lowest BCUT2D eigenvalue weighted by Crippen LogP contribution is -2.12. The summed E-state index contributed by atoms with van der Waals surface area (Å²) in [6.45, 7) is 1.10. The van der Waals surface area contributed by atoms with Crippen LogP contribution < -0.4 is 10.1 Å². The summed E-state index contributed by atoms with van der Waals surface area (Å²) >= 11 is 0. The second kappa shape index (κ2) is 7.13. The molecule has 2 heterocycles. The first-order valence-corrected chi connectivity index (χ1v) is 8.31. The van der Waals surface area contributed by atoms with E-state index < -0.39 is 11.7 Å². The average molecular weight is 365 g/mol. The van der Waals surface area contributed by atoms with Crippen molar-refractivity contribution in [3.05, 3.63) is 71.2 Å². The summed E-state index contributed by atoms with van der Waals surface area (Å²) in [5.74, 6) is -0.336. The lowest BCUT2D eigenvalue weighted by molar-refractivity contribution is 0.102. The molecule has 0 aliphatic carbocycles. The molecule has 2 aromatic carbocycles. The molecule has 1 aromatic heterocycles. The molecule has 0 fully saturated rings. The van der Waals surface area contributed by atoms with Crippen LogP contribution in [0.3, 0.4) is 0 Å². The molecule has 1 amide bonds. The molecule has 0 saturated carbocycles. The number of fused-ring (bicyclic) bond motifs is 1. The zero-order valence-electron chi connectivity index (χ0n) is 14.5. The Morgan fingerprint density at radius 1 is 1.15 bits per heavy atom. The molecule has 1 aliphatic rings. The molecular formula is C20H16FN3O3. The Morgan fingerprint density at radius 2 is 2.00 bits per heavy atom. The van der Waals surface area contributed by atoms with E-state index in [1.807, 2.05) is 12.1 Å². The molecule has 4 rings (SSSR count). The fourth-order valence-electron chi connectivity index (χ4n) is 2.90. The van der Waals surface area contributed by atoms with Crippen molar-refractivity contribution in [2.45, 2.75) is 13.2 Å². The van der Waals surface area contributed by atoms with Crippen LogP contribution in [0.2, 0.25) is 0 Å². The predicted octanol–water partition coefficient (Wildman–Crippen LogP) is 3.57. The summed E-state index contributed by atoms with van der Waals surface area (Å²) in [5, 5.41) is 2.79. The number of nitrogens with zero attached hydrogens (tertiary/aromatic N) is 2. The Bertz CT molecular complexity index is 1020. The predicted molar refractivity (Wildman–Crippen MR) is 96.9 cm³/mol. The first-order chi connectivity index (χ1) is 13.1. The SMILES string of the molecule is COc1ccnc(-c2cc(F)cc(C(=O)Nc3ccc4c(c3)COC4)c2)n1. The van der Waals surface area contributed by atoms with Gasteiger partial charge in [0.2, 0.25) is 5.88 Å². The van der Waals surface area contributed by atoms with Gasteiger partial charge in [-0.15, -0.1) is 0 Å². The number of aromatic nitrogens is 2. The summed E-state index contributed by atoms with van der Waals surface area (Å²) in [4.78, 5) is 20.9. The minimum Gasteiger partial charge on any atom is -0.481 e. The van der Waals surface area contributed by atoms with Gasteiger partial charge < -0.3 is 14.8 Å². The van der Waals surface area contributed by atoms with Gasteiger partial charge in [0, 0.05) is 29.1 Å². The van der Waals surface area contributed by atoms with E-state index in [1.165, 1.54) is 25.4 Å². The number of carbonyl (C=O) groups is 1.